The molecule has 9 heteroatoms. The molecule has 0 saturated carbocycles. The Labute approximate surface area is 267 Å². The molecule has 1 aliphatic heterocycles. The van der Waals surface area contributed by atoms with Gasteiger partial charge in [0.2, 0.25) is 0 Å². The first-order valence-corrected chi connectivity index (χ1v) is 15.3. The SMILES string of the molecule is COc1cc(/C=C2/SC(=Nc3ccc(C)c(Cl)c3)N(c3ccc(C)c(Cl)c3)C2=O)cc(I)c1OCc1ccccc1. The number of hydrogen-bond donors (Lipinski definition) is 0. The minimum Gasteiger partial charge on any atom is -0.493 e. The maximum Gasteiger partial charge on any atom is 0.271 e. The molecular formula is C32H25Cl2IN2O3S. The van der Waals surface area contributed by atoms with Crippen LogP contribution in [0.3, 0.4) is 0 Å². The molecule has 1 amide bonds. The molecule has 0 atom stereocenters. The van der Waals surface area contributed by atoms with E-state index < -0.39 is 0 Å². The Morgan fingerprint density at radius 2 is 1.66 bits per heavy atom. The summed E-state index contributed by atoms with van der Waals surface area (Å²) in [6.07, 6.45) is 1.84. The number of aliphatic imine (C=N–C) groups is 1. The van der Waals surface area contributed by atoms with E-state index in [0.29, 0.717) is 49.6 Å². The number of benzene rings is 4. The Kier molecular flexibility index (Phi) is 9.28. The van der Waals surface area contributed by atoms with E-state index in [2.05, 4.69) is 22.6 Å². The Hall–Kier alpha value is -2.98. The van der Waals surface area contributed by atoms with Gasteiger partial charge in [-0.1, -0.05) is 65.7 Å². The fourth-order valence-corrected chi connectivity index (χ4v) is 6.23. The van der Waals surface area contributed by atoms with E-state index in [1.165, 1.54) is 11.8 Å². The first-order valence-electron chi connectivity index (χ1n) is 12.6. The van der Waals surface area contributed by atoms with Crippen LogP contribution in [0.1, 0.15) is 22.3 Å². The number of carbonyl (C=O) groups is 1. The predicted molar refractivity (Wildman–Crippen MR) is 179 cm³/mol. The molecule has 41 heavy (non-hydrogen) atoms. The van der Waals surface area contributed by atoms with Gasteiger partial charge in [0.1, 0.15) is 6.61 Å². The lowest BCUT2D eigenvalue weighted by Crippen LogP contribution is -2.28. The highest BCUT2D eigenvalue weighted by Gasteiger charge is 2.35. The molecule has 1 fully saturated rings. The smallest absolute Gasteiger partial charge is 0.271 e. The average molecular weight is 715 g/mol. The van der Waals surface area contributed by atoms with Crippen LogP contribution in [0.15, 0.2) is 88.8 Å². The lowest BCUT2D eigenvalue weighted by atomic mass is 10.1. The zero-order chi connectivity index (χ0) is 29.1. The zero-order valence-electron chi connectivity index (χ0n) is 22.5. The third kappa shape index (κ3) is 6.75. The molecule has 0 radical (unpaired) electrons. The van der Waals surface area contributed by atoms with Crippen molar-refractivity contribution in [2.45, 2.75) is 20.5 Å². The number of aryl methyl sites for hydroxylation is 2. The minimum absolute atomic E-state index is 0.203. The highest BCUT2D eigenvalue weighted by atomic mass is 127. The third-order valence-electron chi connectivity index (χ3n) is 6.38. The number of anilines is 1. The molecule has 1 saturated heterocycles. The largest absolute Gasteiger partial charge is 0.493 e. The summed E-state index contributed by atoms with van der Waals surface area (Å²) < 4.78 is 12.6. The van der Waals surface area contributed by atoms with Crippen molar-refractivity contribution in [3.8, 4) is 11.5 Å². The molecule has 5 nitrogen and oxygen atoms in total. The van der Waals surface area contributed by atoms with E-state index in [1.807, 2.05) is 86.7 Å². The molecule has 1 heterocycles. The Morgan fingerprint density at radius 3 is 2.34 bits per heavy atom. The summed E-state index contributed by atoms with van der Waals surface area (Å²) in [6.45, 7) is 4.27. The summed E-state index contributed by atoms with van der Waals surface area (Å²) in [4.78, 5) is 20.7. The summed E-state index contributed by atoms with van der Waals surface area (Å²) in [5.74, 6) is 1.03. The molecule has 0 unspecified atom stereocenters. The zero-order valence-corrected chi connectivity index (χ0v) is 26.9. The summed E-state index contributed by atoms with van der Waals surface area (Å²) in [6, 6.07) is 24.9. The highest BCUT2D eigenvalue weighted by molar-refractivity contribution is 14.1. The molecule has 0 N–H and O–H groups in total. The van der Waals surface area contributed by atoms with Crippen LogP contribution in [0, 0.1) is 17.4 Å². The summed E-state index contributed by atoms with van der Waals surface area (Å²) in [5.41, 5.74) is 5.02. The molecule has 0 aliphatic carbocycles. The van der Waals surface area contributed by atoms with E-state index in [-0.39, 0.29) is 5.91 Å². The van der Waals surface area contributed by atoms with Gasteiger partial charge in [0.25, 0.3) is 5.91 Å². The molecule has 0 bridgehead atoms. The van der Waals surface area contributed by atoms with Crippen molar-refractivity contribution in [1.29, 1.82) is 0 Å². The number of hydrogen-bond acceptors (Lipinski definition) is 5. The van der Waals surface area contributed by atoms with Gasteiger partial charge in [0.05, 0.1) is 27.0 Å². The number of amidine groups is 1. The third-order valence-corrected chi connectivity index (χ3v) is 8.96. The van der Waals surface area contributed by atoms with Crippen LogP contribution in [0.5, 0.6) is 11.5 Å². The Balaban J connectivity index is 1.51. The molecule has 4 aromatic rings. The van der Waals surface area contributed by atoms with Crippen LogP contribution >= 0.6 is 57.6 Å². The molecule has 208 valence electrons. The predicted octanol–water partition coefficient (Wildman–Crippen LogP) is 9.61. The van der Waals surface area contributed by atoms with Crippen molar-refractivity contribution in [3.05, 3.63) is 120 Å². The van der Waals surface area contributed by atoms with Gasteiger partial charge >= 0.3 is 0 Å². The van der Waals surface area contributed by atoms with Crippen LogP contribution in [0.4, 0.5) is 11.4 Å². The Morgan fingerprint density at radius 1 is 0.951 bits per heavy atom. The number of rotatable bonds is 7. The van der Waals surface area contributed by atoms with Gasteiger partial charge in [0.15, 0.2) is 16.7 Å². The van der Waals surface area contributed by atoms with E-state index >= 15 is 0 Å². The van der Waals surface area contributed by atoms with Gasteiger partial charge in [-0.05, 0) is 113 Å². The van der Waals surface area contributed by atoms with E-state index in [9.17, 15) is 4.79 Å². The number of amides is 1. The van der Waals surface area contributed by atoms with Crippen LogP contribution in [0.25, 0.3) is 6.08 Å². The first kappa shape index (κ1) is 29.5. The van der Waals surface area contributed by atoms with Crippen LogP contribution < -0.4 is 14.4 Å². The number of carbonyl (C=O) groups excluding carboxylic acids is 1. The van der Waals surface area contributed by atoms with Gasteiger partial charge in [-0.25, -0.2) is 4.99 Å². The molecule has 4 aromatic carbocycles. The lowest BCUT2D eigenvalue weighted by molar-refractivity contribution is -0.113. The van der Waals surface area contributed by atoms with Crippen LogP contribution in [0.2, 0.25) is 10.0 Å². The Bertz CT molecular complexity index is 1690. The highest BCUT2D eigenvalue weighted by Crippen LogP contribution is 2.41. The van der Waals surface area contributed by atoms with Gasteiger partial charge in [0, 0.05) is 10.0 Å². The molecular weight excluding hydrogens is 690 g/mol. The van der Waals surface area contributed by atoms with E-state index in [0.717, 1.165) is 25.8 Å². The number of nitrogens with zero attached hydrogens (tertiary/aromatic N) is 2. The van der Waals surface area contributed by atoms with Crippen molar-refractivity contribution < 1.29 is 14.3 Å². The minimum atomic E-state index is -0.203. The number of methoxy groups -OCH3 is 1. The lowest BCUT2D eigenvalue weighted by Gasteiger charge is -2.17. The molecule has 1 aliphatic rings. The number of halogens is 3. The number of thioether (sulfide) groups is 1. The second-order valence-electron chi connectivity index (χ2n) is 9.32. The van der Waals surface area contributed by atoms with Crippen molar-refractivity contribution in [3.63, 3.8) is 0 Å². The van der Waals surface area contributed by atoms with Gasteiger partial charge in [-0.15, -0.1) is 0 Å². The monoisotopic (exact) mass is 714 g/mol. The van der Waals surface area contributed by atoms with Gasteiger partial charge in [-0.3, -0.25) is 9.69 Å². The molecule has 0 spiro atoms. The normalized spacial score (nSPS) is 15.2. The molecule has 0 aromatic heterocycles. The van der Waals surface area contributed by atoms with E-state index in [4.69, 9.17) is 37.7 Å². The van der Waals surface area contributed by atoms with Crippen LogP contribution in [-0.2, 0) is 11.4 Å². The van der Waals surface area contributed by atoms with Crippen molar-refractivity contribution >= 4 is 86.1 Å². The van der Waals surface area contributed by atoms with Crippen molar-refractivity contribution in [1.82, 2.24) is 0 Å². The summed E-state index contributed by atoms with van der Waals surface area (Å²) in [7, 11) is 1.60. The first-order chi connectivity index (χ1) is 19.7. The maximum absolute atomic E-state index is 13.8. The standard InChI is InChI=1S/C32H25Cl2IN2O3S/c1-19-9-11-23(16-25(19)33)36-32-37(24-12-10-20(2)26(34)17-24)31(38)29(41-32)15-22-13-27(35)30(28(14-22)39-3)40-18-21-7-5-4-6-8-21/h4-17H,18H2,1-3H3/b29-15+,36-32?. The van der Waals surface area contributed by atoms with Crippen molar-refractivity contribution in [2.24, 2.45) is 4.99 Å². The second-order valence-corrected chi connectivity index (χ2v) is 12.3. The quantitative estimate of drug-likeness (QED) is 0.141. The van der Waals surface area contributed by atoms with Gasteiger partial charge < -0.3 is 9.47 Å². The fourth-order valence-electron chi connectivity index (χ4n) is 4.10. The van der Waals surface area contributed by atoms with Gasteiger partial charge in [-0.2, -0.15) is 0 Å². The fraction of sp³-hybridized carbons (Fsp3) is 0.125. The second kappa shape index (κ2) is 12.9. The summed E-state index contributed by atoms with van der Waals surface area (Å²) in [5, 5.41) is 1.68. The molecule has 5 rings (SSSR count). The van der Waals surface area contributed by atoms with Crippen LogP contribution in [-0.4, -0.2) is 18.2 Å². The summed E-state index contributed by atoms with van der Waals surface area (Å²) >= 11 is 16.3. The topological polar surface area (TPSA) is 51.1 Å². The van der Waals surface area contributed by atoms with Crippen molar-refractivity contribution in [2.75, 3.05) is 12.0 Å². The average Bonchev–Trinajstić information content (AvgIpc) is 3.25. The number of ether oxygens (including phenoxy) is 2. The van der Waals surface area contributed by atoms with E-state index in [1.54, 1.807) is 24.1 Å². The maximum atomic E-state index is 13.8.